The van der Waals surface area contributed by atoms with Gasteiger partial charge in [-0.1, -0.05) is 41.9 Å². The van der Waals surface area contributed by atoms with E-state index in [1.54, 1.807) is 12.5 Å². The number of benzene rings is 2. The molecule has 4 heteroatoms. The molecule has 3 aromatic rings. The van der Waals surface area contributed by atoms with Gasteiger partial charge in [0.25, 0.3) is 0 Å². The molecule has 0 aliphatic heterocycles. The second-order valence-electron chi connectivity index (χ2n) is 5.29. The van der Waals surface area contributed by atoms with Crippen LogP contribution in [0.2, 0.25) is 5.02 Å². The van der Waals surface area contributed by atoms with E-state index >= 15 is 0 Å². The Morgan fingerprint density at radius 3 is 2.38 bits per heavy atom. The van der Waals surface area contributed by atoms with Crippen LogP contribution in [0.25, 0.3) is 28.0 Å². The Hall–Kier alpha value is -2.78. The van der Waals surface area contributed by atoms with Crippen LogP contribution in [0.5, 0.6) is 0 Å². The van der Waals surface area contributed by atoms with Gasteiger partial charge in [-0.15, -0.1) is 0 Å². The second-order valence-corrected chi connectivity index (χ2v) is 5.73. The summed E-state index contributed by atoms with van der Waals surface area (Å²) in [5, 5.41) is 8.17. The van der Waals surface area contributed by atoms with Crippen molar-refractivity contribution in [2.45, 2.75) is 6.92 Å². The first-order valence-electron chi connectivity index (χ1n) is 7.56. The predicted molar refractivity (Wildman–Crippen MR) is 100 cm³/mol. The van der Waals surface area contributed by atoms with Gasteiger partial charge >= 0.3 is 0 Å². The molecule has 0 aliphatic rings. The van der Waals surface area contributed by atoms with Gasteiger partial charge in [0, 0.05) is 23.0 Å². The Morgan fingerprint density at radius 1 is 1.00 bits per heavy atom. The second kappa shape index (κ2) is 7.20. The van der Waals surface area contributed by atoms with Gasteiger partial charge in [0.2, 0.25) is 0 Å². The highest BCUT2D eigenvalue weighted by Gasteiger charge is 2.06. The van der Waals surface area contributed by atoms with Crippen molar-refractivity contribution >= 4 is 23.4 Å². The SMILES string of the molecule is C/C=C(\C=N)c1cc(Cl)cc(-c2ccc(-c3ccncn3)cc2)c1. The van der Waals surface area contributed by atoms with Crippen LogP contribution in [-0.4, -0.2) is 16.2 Å². The molecule has 0 radical (unpaired) electrons. The Balaban J connectivity index is 1.99. The molecule has 3 nitrogen and oxygen atoms in total. The third-order valence-electron chi connectivity index (χ3n) is 3.79. The molecule has 1 heterocycles. The highest BCUT2D eigenvalue weighted by Crippen LogP contribution is 2.29. The van der Waals surface area contributed by atoms with Crippen LogP contribution in [-0.2, 0) is 0 Å². The van der Waals surface area contributed by atoms with Crippen molar-refractivity contribution < 1.29 is 0 Å². The van der Waals surface area contributed by atoms with Crippen molar-refractivity contribution in [1.29, 1.82) is 5.41 Å². The summed E-state index contributed by atoms with van der Waals surface area (Å²) in [5.41, 5.74) is 5.80. The minimum Gasteiger partial charge on any atom is -0.308 e. The van der Waals surface area contributed by atoms with Crippen LogP contribution in [0.15, 0.2) is 67.1 Å². The molecule has 118 valence electrons. The fraction of sp³-hybridized carbons (Fsp3) is 0.0500. The van der Waals surface area contributed by atoms with E-state index in [1.807, 2.05) is 61.5 Å². The molecule has 2 aromatic carbocycles. The lowest BCUT2D eigenvalue weighted by molar-refractivity contribution is 1.17. The molecule has 1 N–H and O–H groups in total. The van der Waals surface area contributed by atoms with Gasteiger partial charge in [-0.2, -0.15) is 0 Å². The molecular weight excluding hydrogens is 318 g/mol. The highest BCUT2D eigenvalue weighted by atomic mass is 35.5. The molecule has 0 amide bonds. The third kappa shape index (κ3) is 3.42. The molecule has 0 fully saturated rings. The average molecular weight is 334 g/mol. The summed E-state index contributed by atoms with van der Waals surface area (Å²) in [6, 6.07) is 15.9. The van der Waals surface area contributed by atoms with Gasteiger partial charge < -0.3 is 5.41 Å². The number of hydrogen-bond acceptors (Lipinski definition) is 3. The summed E-state index contributed by atoms with van der Waals surface area (Å²) < 4.78 is 0. The first-order valence-corrected chi connectivity index (χ1v) is 7.93. The van der Waals surface area contributed by atoms with Crippen molar-refractivity contribution in [2.75, 3.05) is 0 Å². The van der Waals surface area contributed by atoms with Crippen molar-refractivity contribution in [3.63, 3.8) is 0 Å². The van der Waals surface area contributed by atoms with E-state index in [2.05, 4.69) is 9.97 Å². The van der Waals surface area contributed by atoms with Crippen molar-refractivity contribution in [2.24, 2.45) is 0 Å². The van der Waals surface area contributed by atoms with Gasteiger partial charge in [0.1, 0.15) is 6.33 Å². The van der Waals surface area contributed by atoms with Crippen LogP contribution in [0, 0.1) is 5.41 Å². The van der Waals surface area contributed by atoms with Gasteiger partial charge in [-0.05, 0) is 53.5 Å². The summed E-state index contributed by atoms with van der Waals surface area (Å²) in [4.78, 5) is 8.20. The molecule has 0 atom stereocenters. The first kappa shape index (κ1) is 16.1. The number of allylic oxidation sites excluding steroid dienone is 2. The number of hydrogen-bond donors (Lipinski definition) is 1. The minimum absolute atomic E-state index is 0.656. The number of nitrogens with zero attached hydrogens (tertiary/aromatic N) is 2. The highest BCUT2D eigenvalue weighted by molar-refractivity contribution is 6.31. The minimum atomic E-state index is 0.656. The molecule has 0 aliphatic carbocycles. The summed E-state index contributed by atoms with van der Waals surface area (Å²) in [6.45, 7) is 1.91. The van der Waals surface area contributed by atoms with Gasteiger partial charge in [0.15, 0.2) is 0 Å². The van der Waals surface area contributed by atoms with E-state index in [4.69, 9.17) is 17.0 Å². The molecule has 0 spiro atoms. The quantitative estimate of drug-likeness (QED) is 0.639. The lowest BCUT2D eigenvalue weighted by atomic mass is 9.98. The van der Waals surface area contributed by atoms with Gasteiger partial charge in [0.05, 0.1) is 5.69 Å². The smallest absolute Gasteiger partial charge is 0.116 e. The summed E-state index contributed by atoms with van der Waals surface area (Å²) in [7, 11) is 0. The fourth-order valence-corrected chi connectivity index (χ4v) is 2.79. The Labute approximate surface area is 146 Å². The Bertz CT molecular complexity index is 885. The molecule has 0 unspecified atom stereocenters. The topological polar surface area (TPSA) is 49.6 Å². The first-order chi connectivity index (χ1) is 11.7. The summed E-state index contributed by atoms with van der Waals surface area (Å²) >= 11 is 6.27. The van der Waals surface area contributed by atoms with Crippen LogP contribution in [0.4, 0.5) is 0 Å². The monoisotopic (exact) mass is 333 g/mol. The maximum Gasteiger partial charge on any atom is 0.116 e. The van der Waals surface area contributed by atoms with E-state index in [-0.39, 0.29) is 0 Å². The summed E-state index contributed by atoms with van der Waals surface area (Å²) in [5.74, 6) is 0. The third-order valence-corrected chi connectivity index (χ3v) is 4.01. The molecule has 24 heavy (non-hydrogen) atoms. The standard InChI is InChI=1S/C20H16ClN3/c1-2-14(12-22)17-9-18(11-19(21)10-17)15-3-5-16(6-4-15)20-7-8-23-13-24-20/h2-13,22H,1H3/b14-2+,22-12?. The van der Waals surface area contributed by atoms with Crippen molar-refractivity contribution in [3.05, 3.63) is 77.7 Å². The number of rotatable bonds is 4. The molecule has 0 saturated heterocycles. The fourth-order valence-electron chi connectivity index (χ4n) is 2.55. The van der Waals surface area contributed by atoms with E-state index in [1.165, 1.54) is 6.21 Å². The normalized spacial score (nSPS) is 11.3. The van der Waals surface area contributed by atoms with Crippen molar-refractivity contribution in [1.82, 2.24) is 9.97 Å². The lowest BCUT2D eigenvalue weighted by Crippen LogP contribution is -1.88. The molecular formula is C20H16ClN3. The van der Waals surface area contributed by atoms with E-state index in [0.29, 0.717) is 5.02 Å². The summed E-state index contributed by atoms with van der Waals surface area (Å²) in [6.07, 6.45) is 6.52. The zero-order valence-electron chi connectivity index (χ0n) is 13.2. The van der Waals surface area contributed by atoms with Crippen LogP contribution < -0.4 is 0 Å². The number of aromatic nitrogens is 2. The molecule has 1 aromatic heterocycles. The van der Waals surface area contributed by atoms with Crippen molar-refractivity contribution in [3.8, 4) is 22.4 Å². The largest absolute Gasteiger partial charge is 0.308 e. The number of nitrogens with one attached hydrogen (secondary N) is 1. The maximum atomic E-state index is 7.52. The van der Waals surface area contributed by atoms with E-state index in [0.717, 1.165) is 33.5 Å². The maximum absolute atomic E-state index is 7.52. The zero-order valence-corrected chi connectivity index (χ0v) is 14.0. The van der Waals surface area contributed by atoms with Crippen LogP contribution >= 0.6 is 11.6 Å². The van der Waals surface area contributed by atoms with E-state index in [9.17, 15) is 0 Å². The predicted octanol–water partition coefficient (Wildman–Crippen LogP) is 5.52. The average Bonchev–Trinajstić information content (AvgIpc) is 2.63. The van der Waals surface area contributed by atoms with Gasteiger partial charge in [-0.3, -0.25) is 0 Å². The number of halogens is 1. The van der Waals surface area contributed by atoms with E-state index < -0.39 is 0 Å². The molecule has 0 bridgehead atoms. The lowest BCUT2D eigenvalue weighted by Gasteiger charge is -2.08. The molecule has 0 saturated carbocycles. The zero-order chi connectivity index (χ0) is 16.9. The van der Waals surface area contributed by atoms with Crippen LogP contribution in [0.1, 0.15) is 12.5 Å². The molecule has 3 rings (SSSR count). The van der Waals surface area contributed by atoms with Crippen LogP contribution in [0.3, 0.4) is 0 Å². The van der Waals surface area contributed by atoms with Gasteiger partial charge in [-0.25, -0.2) is 9.97 Å². The Morgan fingerprint density at radius 2 is 1.75 bits per heavy atom. The Kier molecular flexibility index (Phi) is 4.82.